The normalized spacial score (nSPS) is 20.1. The highest BCUT2D eigenvalue weighted by atomic mass is 32.2. The molecule has 0 unspecified atom stereocenters. The number of nitrogens with one attached hydrogen (secondary N) is 1. The zero-order valence-electron chi connectivity index (χ0n) is 20.4. The van der Waals surface area contributed by atoms with Crippen molar-refractivity contribution in [3.63, 3.8) is 0 Å². The van der Waals surface area contributed by atoms with Gasteiger partial charge < -0.3 is 19.5 Å². The van der Waals surface area contributed by atoms with Crippen LogP contribution in [0.15, 0.2) is 53.3 Å². The van der Waals surface area contributed by atoms with Crippen molar-refractivity contribution >= 4 is 41.5 Å². The van der Waals surface area contributed by atoms with Crippen molar-refractivity contribution in [2.45, 2.75) is 51.8 Å². The molecule has 0 bridgehead atoms. The molecule has 2 aliphatic heterocycles. The van der Waals surface area contributed by atoms with E-state index in [0.717, 1.165) is 5.56 Å². The number of ether oxygens (including phenoxy) is 3. The molecule has 2 amide bonds. The number of benzene rings is 1. The van der Waals surface area contributed by atoms with E-state index < -0.39 is 41.5 Å². The molecule has 2 heterocycles. The summed E-state index contributed by atoms with van der Waals surface area (Å²) in [5.41, 5.74) is 1.49. The Morgan fingerprint density at radius 2 is 1.86 bits per heavy atom. The lowest BCUT2D eigenvalue weighted by Gasteiger charge is -2.49. The first-order chi connectivity index (χ1) is 17.1. The molecule has 0 radical (unpaired) electrons. The fourth-order valence-corrected chi connectivity index (χ4v) is 4.96. The Labute approximate surface area is 213 Å². The van der Waals surface area contributed by atoms with Crippen LogP contribution in [0.1, 0.15) is 33.3 Å². The molecule has 1 N–H and O–H groups in total. The number of hydrogen-bond acceptors (Lipinski definition) is 9. The second-order valence-electron chi connectivity index (χ2n) is 8.20. The van der Waals surface area contributed by atoms with Gasteiger partial charge in [-0.3, -0.25) is 19.3 Å². The molecule has 1 aromatic carbocycles. The summed E-state index contributed by atoms with van der Waals surface area (Å²) in [6.45, 7) is 5.60. The smallest absolute Gasteiger partial charge is 0.358 e. The van der Waals surface area contributed by atoms with Gasteiger partial charge in [-0.1, -0.05) is 36.4 Å². The molecule has 0 spiro atoms. The molecule has 1 fully saturated rings. The number of thioether (sulfide) groups is 1. The van der Waals surface area contributed by atoms with Gasteiger partial charge in [0.25, 0.3) is 5.91 Å². The van der Waals surface area contributed by atoms with Gasteiger partial charge in [-0.2, -0.15) is 0 Å². The molecule has 0 saturated carbocycles. The molecule has 1 saturated heterocycles. The van der Waals surface area contributed by atoms with Gasteiger partial charge >= 0.3 is 17.9 Å². The average molecular weight is 517 g/mol. The fourth-order valence-electron chi connectivity index (χ4n) is 3.64. The van der Waals surface area contributed by atoms with E-state index in [-0.39, 0.29) is 30.4 Å². The number of nitrogens with zero attached hydrogens (tertiary/aromatic N) is 1. The standard InChI is InChI=1S/C25H28N2O8S/c1-5-14(2)24(31)33-12-18-13-36-23-20(26-19(29)11-17-9-7-6-8-10-17)22(30)27(23)21(18)25(32)35-16(4)34-15(3)28/h5-10,16,20,23H,11-13H2,1-4H3,(H,26,29)/b14-5-/t16-,20-,23-/m1/s1. The zero-order valence-corrected chi connectivity index (χ0v) is 21.3. The second-order valence-corrected chi connectivity index (χ2v) is 9.30. The van der Waals surface area contributed by atoms with Gasteiger partial charge in [-0.05, 0) is 19.4 Å². The number of hydrogen-bond donors (Lipinski definition) is 1. The SMILES string of the molecule is C/C=C(/C)C(=O)OCC1=C(C(=O)O[C@H](C)OC(C)=O)N2C(=O)[C@@H](NC(=O)Cc3ccccc3)[C@H]2SC1. The summed E-state index contributed by atoms with van der Waals surface area (Å²) in [5.74, 6) is -2.65. The quantitative estimate of drug-likeness (QED) is 0.226. The molecule has 0 aromatic heterocycles. The van der Waals surface area contributed by atoms with E-state index in [1.165, 1.54) is 30.5 Å². The Hall–Kier alpha value is -3.60. The van der Waals surface area contributed by atoms with Gasteiger partial charge in [0.05, 0.1) is 6.42 Å². The molecule has 36 heavy (non-hydrogen) atoms. The van der Waals surface area contributed by atoms with E-state index >= 15 is 0 Å². The summed E-state index contributed by atoms with van der Waals surface area (Å²) in [5, 5.41) is 2.20. The van der Waals surface area contributed by atoms with Crippen molar-refractivity contribution in [1.29, 1.82) is 0 Å². The molecule has 0 aliphatic carbocycles. The Morgan fingerprint density at radius 1 is 1.17 bits per heavy atom. The van der Waals surface area contributed by atoms with E-state index in [2.05, 4.69) is 5.32 Å². The summed E-state index contributed by atoms with van der Waals surface area (Å²) in [6, 6.07) is 8.29. The van der Waals surface area contributed by atoms with Crippen LogP contribution in [-0.4, -0.2) is 64.7 Å². The maximum Gasteiger partial charge on any atom is 0.358 e. The topological polar surface area (TPSA) is 128 Å². The minimum absolute atomic E-state index is 0.0813. The van der Waals surface area contributed by atoms with E-state index in [0.29, 0.717) is 11.1 Å². The maximum atomic E-state index is 13.1. The highest BCUT2D eigenvalue weighted by Crippen LogP contribution is 2.41. The van der Waals surface area contributed by atoms with Crippen LogP contribution in [0.25, 0.3) is 0 Å². The lowest BCUT2D eigenvalue weighted by molar-refractivity contribution is -0.182. The first kappa shape index (κ1) is 27.0. The highest BCUT2D eigenvalue weighted by Gasteiger charge is 2.54. The van der Waals surface area contributed by atoms with Crippen molar-refractivity contribution in [2.24, 2.45) is 0 Å². The number of carbonyl (C=O) groups excluding carboxylic acids is 5. The maximum absolute atomic E-state index is 13.1. The molecule has 3 atom stereocenters. The van der Waals surface area contributed by atoms with E-state index in [4.69, 9.17) is 14.2 Å². The predicted octanol–water partition coefficient (Wildman–Crippen LogP) is 1.84. The van der Waals surface area contributed by atoms with E-state index in [9.17, 15) is 24.0 Å². The summed E-state index contributed by atoms with van der Waals surface area (Å²) in [4.78, 5) is 63.2. The van der Waals surface area contributed by atoms with Crippen LogP contribution in [0.2, 0.25) is 0 Å². The summed E-state index contributed by atoms with van der Waals surface area (Å²) in [7, 11) is 0. The van der Waals surface area contributed by atoms with Crippen LogP contribution in [-0.2, 0) is 44.6 Å². The third-order valence-electron chi connectivity index (χ3n) is 5.50. The summed E-state index contributed by atoms with van der Waals surface area (Å²) < 4.78 is 15.4. The lowest BCUT2D eigenvalue weighted by atomic mass is 10.0. The predicted molar refractivity (Wildman–Crippen MR) is 130 cm³/mol. The number of amides is 2. The van der Waals surface area contributed by atoms with Crippen LogP contribution in [0, 0.1) is 0 Å². The number of allylic oxidation sites excluding steroid dienone is 1. The monoisotopic (exact) mass is 516 g/mol. The van der Waals surface area contributed by atoms with Crippen molar-refractivity contribution in [3.8, 4) is 0 Å². The molecular weight excluding hydrogens is 488 g/mol. The number of fused-ring (bicyclic) bond motifs is 1. The Bertz CT molecular complexity index is 1110. The molecule has 11 heteroatoms. The second kappa shape index (κ2) is 11.9. The summed E-state index contributed by atoms with van der Waals surface area (Å²) >= 11 is 1.33. The van der Waals surface area contributed by atoms with Gasteiger partial charge in [0.1, 0.15) is 23.7 Å². The molecule has 1 aromatic rings. The first-order valence-corrected chi connectivity index (χ1v) is 12.4. The van der Waals surface area contributed by atoms with E-state index in [1.54, 1.807) is 19.9 Å². The number of carbonyl (C=O) groups is 5. The molecule has 10 nitrogen and oxygen atoms in total. The first-order valence-electron chi connectivity index (χ1n) is 11.3. The van der Waals surface area contributed by atoms with Crippen LogP contribution in [0.3, 0.4) is 0 Å². The van der Waals surface area contributed by atoms with Crippen molar-refractivity contribution in [2.75, 3.05) is 12.4 Å². The lowest BCUT2D eigenvalue weighted by Crippen LogP contribution is -2.70. The number of esters is 3. The highest BCUT2D eigenvalue weighted by molar-refractivity contribution is 8.00. The fraction of sp³-hybridized carbons (Fsp3) is 0.400. The third kappa shape index (κ3) is 6.34. The average Bonchev–Trinajstić information content (AvgIpc) is 2.84. The van der Waals surface area contributed by atoms with Crippen LogP contribution >= 0.6 is 11.8 Å². The Balaban J connectivity index is 1.77. The van der Waals surface area contributed by atoms with Gasteiger partial charge in [-0.25, -0.2) is 9.59 Å². The zero-order chi connectivity index (χ0) is 26.4. The van der Waals surface area contributed by atoms with Crippen LogP contribution in [0.5, 0.6) is 0 Å². The van der Waals surface area contributed by atoms with Crippen molar-refractivity contribution in [3.05, 3.63) is 58.8 Å². The van der Waals surface area contributed by atoms with Gasteiger partial charge in [0.2, 0.25) is 12.2 Å². The number of rotatable bonds is 9. The molecule has 192 valence electrons. The summed E-state index contributed by atoms with van der Waals surface area (Å²) in [6.07, 6.45) is 0.514. The van der Waals surface area contributed by atoms with Crippen LogP contribution < -0.4 is 5.32 Å². The Morgan fingerprint density at radius 3 is 2.50 bits per heavy atom. The van der Waals surface area contributed by atoms with E-state index in [1.807, 2.05) is 30.3 Å². The molecule has 3 rings (SSSR count). The molecular formula is C25H28N2O8S. The largest absolute Gasteiger partial charge is 0.458 e. The van der Waals surface area contributed by atoms with Crippen molar-refractivity contribution in [1.82, 2.24) is 10.2 Å². The number of β-lactam (4-membered cyclic amide) rings is 1. The molecule has 2 aliphatic rings. The van der Waals surface area contributed by atoms with Gasteiger partial charge in [0, 0.05) is 30.7 Å². The van der Waals surface area contributed by atoms with Gasteiger partial charge in [-0.15, -0.1) is 11.8 Å². The minimum Gasteiger partial charge on any atom is -0.458 e. The van der Waals surface area contributed by atoms with Crippen molar-refractivity contribution < 1.29 is 38.2 Å². The van der Waals surface area contributed by atoms with Gasteiger partial charge in [0.15, 0.2) is 0 Å². The minimum atomic E-state index is -1.19. The third-order valence-corrected chi connectivity index (χ3v) is 6.84. The Kier molecular flexibility index (Phi) is 8.92. The van der Waals surface area contributed by atoms with Crippen LogP contribution in [0.4, 0.5) is 0 Å².